The first-order valence-electron chi connectivity index (χ1n) is 5.19. The third-order valence-corrected chi connectivity index (χ3v) is 3.77. The van der Waals surface area contributed by atoms with Crippen molar-refractivity contribution in [1.82, 2.24) is 0 Å². The Kier molecular flexibility index (Phi) is 4.71. The third kappa shape index (κ3) is 4.90. The van der Waals surface area contributed by atoms with Crippen LogP contribution < -0.4 is 0 Å². The van der Waals surface area contributed by atoms with Crippen molar-refractivity contribution in [3.05, 3.63) is 35.9 Å². The maximum absolute atomic E-state index is 8.56. The molecule has 0 saturated heterocycles. The molecule has 0 aliphatic rings. The van der Waals surface area contributed by atoms with Crippen LogP contribution in [-0.2, 0) is 5.75 Å². The number of nitrogens with zero attached hydrogens (tertiary/aromatic N) is 1. The summed E-state index contributed by atoms with van der Waals surface area (Å²) in [5.74, 6) is 1.03. The van der Waals surface area contributed by atoms with Gasteiger partial charge in [0.2, 0.25) is 0 Å². The number of rotatable bonds is 5. The lowest BCUT2D eigenvalue weighted by Crippen LogP contribution is -2.14. The summed E-state index contributed by atoms with van der Waals surface area (Å²) >= 11 is 1.92. The first kappa shape index (κ1) is 12.1. The van der Waals surface area contributed by atoms with E-state index in [1.54, 1.807) is 0 Å². The van der Waals surface area contributed by atoms with Crippen molar-refractivity contribution in [1.29, 1.82) is 5.26 Å². The number of nitriles is 1. The molecule has 0 bridgehead atoms. The average Bonchev–Trinajstić information content (AvgIpc) is 2.25. The molecule has 1 rings (SSSR count). The van der Waals surface area contributed by atoms with Crippen LogP contribution in [0.25, 0.3) is 0 Å². The van der Waals surface area contributed by atoms with E-state index in [1.165, 1.54) is 5.56 Å². The van der Waals surface area contributed by atoms with Gasteiger partial charge < -0.3 is 0 Å². The highest BCUT2D eigenvalue weighted by Gasteiger charge is 2.17. The Balaban J connectivity index is 2.40. The number of hydrogen-bond acceptors (Lipinski definition) is 2. The molecular formula is C13H17NS. The zero-order valence-corrected chi connectivity index (χ0v) is 10.2. The van der Waals surface area contributed by atoms with E-state index in [9.17, 15) is 0 Å². The summed E-state index contributed by atoms with van der Waals surface area (Å²) in [5.41, 5.74) is 1.35. The molecule has 1 aromatic carbocycles. The van der Waals surface area contributed by atoms with E-state index in [0.717, 1.165) is 12.2 Å². The number of thioether (sulfide) groups is 1. The molecule has 80 valence electrons. The lowest BCUT2D eigenvalue weighted by molar-refractivity contribution is 0.652. The van der Waals surface area contributed by atoms with Gasteiger partial charge in [-0.25, -0.2) is 0 Å². The molecular weight excluding hydrogens is 202 g/mol. The molecule has 0 spiro atoms. The largest absolute Gasteiger partial charge is 0.198 e. The average molecular weight is 219 g/mol. The van der Waals surface area contributed by atoms with Crippen LogP contribution in [0.5, 0.6) is 0 Å². The van der Waals surface area contributed by atoms with Crippen molar-refractivity contribution in [2.45, 2.75) is 37.2 Å². The molecule has 0 saturated carbocycles. The molecule has 0 unspecified atom stereocenters. The summed E-state index contributed by atoms with van der Waals surface area (Å²) in [4.78, 5) is 0. The topological polar surface area (TPSA) is 23.8 Å². The van der Waals surface area contributed by atoms with Gasteiger partial charge in [-0.2, -0.15) is 17.0 Å². The van der Waals surface area contributed by atoms with Gasteiger partial charge in [0, 0.05) is 16.9 Å². The van der Waals surface area contributed by atoms with Crippen molar-refractivity contribution in [3.8, 4) is 6.07 Å². The summed E-state index contributed by atoms with van der Waals surface area (Å²) in [6, 6.07) is 12.7. The first-order valence-corrected chi connectivity index (χ1v) is 6.17. The summed E-state index contributed by atoms with van der Waals surface area (Å²) < 4.78 is 0.200. The molecule has 0 aromatic heterocycles. The van der Waals surface area contributed by atoms with Crippen molar-refractivity contribution in [2.75, 3.05) is 0 Å². The highest BCUT2D eigenvalue weighted by Crippen LogP contribution is 2.31. The molecule has 15 heavy (non-hydrogen) atoms. The summed E-state index contributed by atoms with van der Waals surface area (Å²) in [5, 5.41) is 8.56. The summed E-state index contributed by atoms with van der Waals surface area (Å²) in [7, 11) is 0. The van der Waals surface area contributed by atoms with Crippen LogP contribution in [0.15, 0.2) is 30.3 Å². The Morgan fingerprint density at radius 2 is 1.93 bits per heavy atom. The van der Waals surface area contributed by atoms with Gasteiger partial charge in [-0.1, -0.05) is 44.2 Å². The van der Waals surface area contributed by atoms with E-state index >= 15 is 0 Å². The minimum absolute atomic E-state index is 0.200. The van der Waals surface area contributed by atoms with Crippen LogP contribution in [-0.4, -0.2) is 4.75 Å². The van der Waals surface area contributed by atoms with Crippen LogP contribution in [0, 0.1) is 11.3 Å². The SMILES string of the molecule is CC(C)(CCC#N)SCc1ccccc1. The Morgan fingerprint density at radius 3 is 2.53 bits per heavy atom. The second kappa shape index (κ2) is 5.82. The fourth-order valence-electron chi connectivity index (χ4n) is 1.28. The lowest BCUT2D eigenvalue weighted by Gasteiger charge is -2.22. The predicted octanol–water partition coefficient (Wildman–Crippen LogP) is 4.00. The molecule has 0 N–H and O–H groups in total. The maximum Gasteiger partial charge on any atom is 0.0622 e. The second-order valence-electron chi connectivity index (χ2n) is 4.19. The molecule has 0 amide bonds. The van der Waals surface area contributed by atoms with Gasteiger partial charge in [-0.15, -0.1) is 0 Å². The molecule has 1 aromatic rings. The molecule has 0 aliphatic heterocycles. The quantitative estimate of drug-likeness (QED) is 0.747. The van der Waals surface area contributed by atoms with Crippen LogP contribution in [0.4, 0.5) is 0 Å². The molecule has 1 nitrogen and oxygen atoms in total. The van der Waals surface area contributed by atoms with Gasteiger partial charge in [0.1, 0.15) is 0 Å². The Bertz CT molecular complexity index is 324. The van der Waals surface area contributed by atoms with Crippen molar-refractivity contribution in [3.63, 3.8) is 0 Å². The highest BCUT2D eigenvalue weighted by molar-refractivity contribution is 7.99. The van der Waals surface area contributed by atoms with Crippen LogP contribution >= 0.6 is 11.8 Å². The van der Waals surface area contributed by atoms with Crippen molar-refractivity contribution in [2.24, 2.45) is 0 Å². The Hall–Kier alpha value is -0.940. The number of hydrogen-bond donors (Lipinski definition) is 0. The zero-order chi connectivity index (χ0) is 11.1. The second-order valence-corrected chi connectivity index (χ2v) is 5.87. The normalized spacial score (nSPS) is 11.0. The minimum Gasteiger partial charge on any atom is -0.198 e. The fourth-order valence-corrected chi connectivity index (χ4v) is 2.28. The highest BCUT2D eigenvalue weighted by atomic mass is 32.2. The lowest BCUT2D eigenvalue weighted by atomic mass is 10.1. The van der Waals surface area contributed by atoms with Crippen molar-refractivity contribution >= 4 is 11.8 Å². The van der Waals surface area contributed by atoms with E-state index in [4.69, 9.17) is 5.26 Å². The van der Waals surface area contributed by atoms with E-state index in [2.05, 4.69) is 44.2 Å². The van der Waals surface area contributed by atoms with E-state index in [1.807, 2.05) is 17.8 Å². The molecule has 0 fully saturated rings. The Labute approximate surface area is 96.5 Å². The van der Waals surface area contributed by atoms with Gasteiger partial charge in [0.05, 0.1) is 6.07 Å². The molecule has 0 heterocycles. The maximum atomic E-state index is 8.56. The summed E-state index contributed by atoms with van der Waals surface area (Å²) in [6.45, 7) is 4.41. The monoisotopic (exact) mass is 219 g/mol. The minimum atomic E-state index is 0.200. The Morgan fingerprint density at radius 1 is 1.27 bits per heavy atom. The third-order valence-electron chi connectivity index (χ3n) is 2.31. The predicted molar refractivity (Wildman–Crippen MR) is 66.7 cm³/mol. The molecule has 0 aliphatic carbocycles. The first-order chi connectivity index (χ1) is 7.14. The smallest absolute Gasteiger partial charge is 0.0622 e. The van der Waals surface area contributed by atoms with Gasteiger partial charge in [0.15, 0.2) is 0 Å². The standard InChI is InChI=1S/C13H17NS/c1-13(2,9-6-10-14)15-11-12-7-4-3-5-8-12/h3-5,7-8H,6,9,11H2,1-2H3. The fraction of sp³-hybridized carbons (Fsp3) is 0.462. The van der Waals surface area contributed by atoms with Gasteiger partial charge in [-0.05, 0) is 12.0 Å². The van der Waals surface area contributed by atoms with E-state index in [-0.39, 0.29) is 4.75 Å². The van der Waals surface area contributed by atoms with Crippen LogP contribution in [0.1, 0.15) is 32.3 Å². The van der Waals surface area contributed by atoms with E-state index in [0.29, 0.717) is 6.42 Å². The zero-order valence-electron chi connectivity index (χ0n) is 9.36. The molecule has 0 radical (unpaired) electrons. The van der Waals surface area contributed by atoms with Crippen molar-refractivity contribution < 1.29 is 0 Å². The van der Waals surface area contributed by atoms with Gasteiger partial charge in [0.25, 0.3) is 0 Å². The van der Waals surface area contributed by atoms with Gasteiger partial charge >= 0.3 is 0 Å². The number of benzene rings is 1. The van der Waals surface area contributed by atoms with E-state index < -0.39 is 0 Å². The molecule has 2 heteroatoms. The molecule has 0 atom stereocenters. The van der Waals surface area contributed by atoms with Crippen LogP contribution in [0.3, 0.4) is 0 Å². The van der Waals surface area contributed by atoms with Gasteiger partial charge in [-0.3, -0.25) is 0 Å². The summed E-state index contributed by atoms with van der Waals surface area (Å²) in [6.07, 6.45) is 1.61. The van der Waals surface area contributed by atoms with Crippen LogP contribution in [0.2, 0.25) is 0 Å².